The van der Waals surface area contributed by atoms with E-state index < -0.39 is 0 Å². The summed E-state index contributed by atoms with van der Waals surface area (Å²) in [5, 5.41) is 3.45. The van der Waals surface area contributed by atoms with Crippen LogP contribution in [-0.4, -0.2) is 18.8 Å². The third-order valence-electron chi connectivity index (χ3n) is 2.99. The van der Waals surface area contributed by atoms with Gasteiger partial charge in [-0.3, -0.25) is 0 Å². The van der Waals surface area contributed by atoms with Crippen molar-refractivity contribution in [1.29, 1.82) is 0 Å². The van der Waals surface area contributed by atoms with E-state index in [0.29, 0.717) is 0 Å². The molecule has 1 aromatic rings. The molecule has 0 aliphatic carbocycles. The molecule has 0 aromatic heterocycles. The van der Waals surface area contributed by atoms with Gasteiger partial charge in [-0.05, 0) is 51.3 Å². The minimum Gasteiger partial charge on any atom is -0.375 e. The van der Waals surface area contributed by atoms with Crippen molar-refractivity contribution < 1.29 is 4.74 Å². The van der Waals surface area contributed by atoms with Gasteiger partial charge in [-0.2, -0.15) is 0 Å². The van der Waals surface area contributed by atoms with Crippen molar-refractivity contribution in [3.8, 4) is 0 Å². The van der Waals surface area contributed by atoms with E-state index in [1.807, 2.05) is 6.92 Å². The first-order valence-electron chi connectivity index (χ1n) is 6.35. The lowest BCUT2D eigenvalue weighted by molar-refractivity contribution is -0.00897. The van der Waals surface area contributed by atoms with E-state index >= 15 is 0 Å². The Morgan fingerprint density at radius 2 is 1.88 bits per heavy atom. The van der Waals surface area contributed by atoms with E-state index in [2.05, 4.69) is 51.2 Å². The lowest BCUT2D eigenvalue weighted by Gasteiger charge is -2.25. The van der Waals surface area contributed by atoms with Gasteiger partial charge in [0.1, 0.15) is 0 Å². The summed E-state index contributed by atoms with van der Waals surface area (Å²) >= 11 is 0. The van der Waals surface area contributed by atoms with Gasteiger partial charge in [-0.25, -0.2) is 0 Å². The molecule has 0 heterocycles. The number of benzene rings is 1. The molecule has 0 spiro atoms. The van der Waals surface area contributed by atoms with Crippen molar-refractivity contribution in [3.05, 3.63) is 34.9 Å². The summed E-state index contributed by atoms with van der Waals surface area (Å²) in [4.78, 5) is 0. The Labute approximate surface area is 105 Å². The molecular weight excluding hydrogens is 210 g/mol. The van der Waals surface area contributed by atoms with E-state index in [9.17, 15) is 0 Å². The van der Waals surface area contributed by atoms with Gasteiger partial charge in [0.15, 0.2) is 0 Å². The van der Waals surface area contributed by atoms with Crippen molar-refractivity contribution in [2.24, 2.45) is 0 Å². The predicted octanol–water partition coefficient (Wildman–Crippen LogP) is 3.21. The molecule has 2 heteroatoms. The van der Waals surface area contributed by atoms with Crippen molar-refractivity contribution in [1.82, 2.24) is 5.32 Å². The SMILES string of the molecule is CCOC(C)(C)CNCc1ccc(C)c(C)c1. The summed E-state index contributed by atoms with van der Waals surface area (Å²) < 4.78 is 5.65. The molecule has 0 radical (unpaired) electrons. The van der Waals surface area contributed by atoms with Crippen molar-refractivity contribution in [2.75, 3.05) is 13.2 Å². The lowest BCUT2D eigenvalue weighted by atomic mass is 10.1. The van der Waals surface area contributed by atoms with Crippen LogP contribution in [0.4, 0.5) is 0 Å². The zero-order valence-corrected chi connectivity index (χ0v) is 11.8. The Morgan fingerprint density at radius 1 is 1.18 bits per heavy atom. The minimum atomic E-state index is -0.0888. The molecule has 0 saturated heterocycles. The average molecular weight is 235 g/mol. The van der Waals surface area contributed by atoms with Crippen LogP contribution in [0.25, 0.3) is 0 Å². The number of nitrogens with one attached hydrogen (secondary N) is 1. The van der Waals surface area contributed by atoms with Crippen LogP contribution in [0, 0.1) is 13.8 Å². The van der Waals surface area contributed by atoms with Crippen molar-refractivity contribution >= 4 is 0 Å². The van der Waals surface area contributed by atoms with E-state index in [4.69, 9.17) is 4.74 Å². The summed E-state index contributed by atoms with van der Waals surface area (Å²) in [6.07, 6.45) is 0. The maximum Gasteiger partial charge on any atom is 0.0750 e. The highest BCUT2D eigenvalue weighted by atomic mass is 16.5. The van der Waals surface area contributed by atoms with Crippen LogP contribution >= 0.6 is 0 Å². The molecule has 0 aliphatic heterocycles. The van der Waals surface area contributed by atoms with Gasteiger partial charge in [-0.15, -0.1) is 0 Å². The smallest absolute Gasteiger partial charge is 0.0750 e. The Morgan fingerprint density at radius 3 is 2.47 bits per heavy atom. The van der Waals surface area contributed by atoms with Gasteiger partial charge < -0.3 is 10.1 Å². The maximum absolute atomic E-state index is 5.65. The van der Waals surface area contributed by atoms with Crippen LogP contribution in [-0.2, 0) is 11.3 Å². The highest BCUT2D eigenvalue weighted by Gasteiger charge is 2.16. The second-order valence-electron chi connectivity index (χ2n) is 5.21. The van der Waals surface area contributed by atoms with Crippen LogP contribution in [0.5, 0.6) is 0 Å². The fraction of sp³-hybridized carbons (Fsp3) is 0.600. The standard InChI is InChI=1S/C15H25NO/c1-6-17-15(4,5)11-16-10-14-8-7-12(2)13(3)9-14/h7-9,16H,6,10-11H2,1-5H3. The van der Waals surface area contributed by atoms with E-state index in [1.165, 1.54) is 16.7 Å². The average Bonchev–Trinajstić information content (AvgIpc) is 2.23. The molecule has 0 fully saturated rings. The van der Waals surface area contributed by atoms with Crippen LogP contribution in [0.3, 0.4) is 0 Å². The summed E-state index contributed by atoms with van der Waals surface area (Å²) in [6, 6.07) is 6.61. The van der Waals surface area contributed by atoms with E-state index in [-0.39, 0.29) is 5.60 Å². The second kappa shape index (κ2) is 6.18. The van der Waals surface area contributed by atoms with Gasteiger partial charge in [0.25, 0.3) is 0 Å². The highest BCUT2D eigenvalue weighted by Crippen LogP contribution is 2.11. The first kappa shape index (κ1) is 14.2. The Balaban J connectivity index is 2.43. The number of rotatable bonds is 6. The Kier molecular flexibility index (Phi) is 5.16. The molecule has 0 saturated carbocycles. The predicted molar refractivity (Wildman–Crippen MR) is 73.3 cm³/mol. The summed E-state index contributed by atoms with van der Waals surface area (Å²) in [5.74, 6) is 0. The van der Waals surface area contributed by atoms with Crippen LogP contribution in [0.15, 0.2) is 18.2 Å². The number of ether oxygens (including phenoxy) is 1. The van der Waals surface area contributed by atoms with Crippen LogP contribution in [0.1, 0.15) is 37.5 Å². The molecule has 0 unspecified atom stereocenters. The van der Waals surface area contributed by atoms with Gasteiger partial charge >= 0.3 is 0 Å². The highest BCUT2D eigenvalue weighted by molar-refractivity contribution is 5.29. The number of aryl methyl sites for hydroxylation is 2. The molecular formula is C15H25NO. The number of hydrogen-bond acceptors (Lipinski definition) is 2. The third-order valence-corrected chi connectivity index (χ3v) is 2.99. The molecule has 2 nitrogen and oxygen atoms in total. The zero-order valence-electron chi connectivity index (χ0n) is 11.8. The monoisotopic (exact) mass is 235 g/mol. The van der Waals surface area contributed by atoms with Gasteiger partial charge in [-0.1, -0.05) is 18.2 Å². The Bertz CT molecular complexity index is 358. The zero-order chi connectivity index (χ0) is 12.9. The fourth-order valence-corrected chi connectivity index (χ4v) is 1.86. The maximum atomic E-state index is 5.65. The molecule has 1 rings (SSSR count). The normalized spacial score (nSPS) is 11.8. The molecule has 0 amide bonds. The third kappa shape index (κ3) is 4.88. The van der Waals surface area contributed by atoms with Crippen molar-refractivity contribution in [2.45, 2.75) is 46.8 Å². The summed E-state index contributed by atoms with van der Waals surface area (Å²) in [6.45, 7) is 13.1. The summed E-state index contributed by atoms with van der Waals surface area (Å²) in [7, 11) is 0. The Hall–Kier alpha value is -0.860. The van der Waals surface area contributed by atoms with Gasteiger partial charge in [0.05, 0.1) is 5.60 Å². The molecule has 96 valence electrons. The second-order valence-corrected chi connectivity index (χ2v) is 5.21. The molecule has 0 aliphatic rings. The van der Waals surface area contributed by atoms with E-state index in [0.717, 1.165) is 19.7 Å². The van der Waals surface area contributed by atoms with Crippen molar-refractivity contribution in [3.63, 3.8) is 0 Å². The molecule has 1 aromatic carbocycles. The molecule has 17 heavy (non-hydrogen) atoms. The van der Waals surface area contributed by atoms with Gasteiger partial charge in [0.2, 0.25) is 0 Å². The van der Waals surface area contributed by atoms with E-state index in [1.54, 1.807) is 0 Å². The first-order valence-corrected chi connectivity index (χ1v) is 6.35. The quantitative estimate of drug-likeness (QED) is 0.817. The first-order chi connectivity index (χ1) is 7.94. The topological polar surface area (TPSA) is 21.3 Å². The lowest BCUT2D eigenvalue weighted by Crippen LogP contribution is -2.37. The minimum absolute atomic E-state index is 0.0888. The largest absolute Gasteiger partial charge is 0.375 e. The molecule has 1 N–H and O–H groups in total. The fourth-order valence-electron chi connectivity index (χ4n) is 1.86. The van der Waals surface area contributed by atoms with Crippen LogP contribution in [0.2, 0.25) is 0 Å². The summed E-state index contributed by atoms with van der Waals surface area (Å²) in [5.41, 5.74) is 3.95. The molecule has 0 bridgehead atoms. The molecule has 0 atom stereocenters. The van der Waals surface area contributed by atoms with Gasteiger partial charge in [0, 0.05) is 19.7 Å². The van der Waals surface area contributed by atoms with Crippen LogP contribution < -0.4 is 5.32 Å². The number of hydrogen-bond donors (Lipinski definition) is 1.